The van der Waals surface area contributed by atoms with Gasteiger partial charge in [-0.05, 0) is 49.1 Å². The lowest BCUT2D eigenvalue weighted by Crippen LogP contribution is -2.43. The van der Waals surface area contributed by atoms with E-state index in [2.05, 4.69) is 0 Å². The maximum atomic E-state index is 13.0. The summed E-state index contributed by atoms with van der Waals surface area (Å²) >= 11 is 0. The van der Waals surface area contributed by atoms with Crippen molar-refractivity contribution >= 4 is 15.9 Å². The monoisotopic (exact) mass is 416 g/mol. The van der Waals surface area contributed by atoms with Crippen LogP contribution in [0.4, 0.5) is 0 Å². The van der Waals surface area contributed by atoms with Gasteiger partial charge in [-0.15, -0.1) is 0 Å². The summed E-state index contributed by atoms with van der Waals surface area (Å²) < 4.78 is 32.7. The van der Waals surface area contributed by atoms with Crippen molar-refractivity contribution in [2.24, 2.45) is 5.92 Å². The summed E-state index contributed by atoms with van der Waals surface area (Å²) in [5.41, 5.74) is 1.86. The van der Waals surface area contributed by atoms with Gasteiger partial charge in [0.1, 0.15) is 5.75 Å². The number of rotatable bonds is 6. The van der Waals surface area contributed by atoms with E-state index in [0.29, 0.717) is 38.2 Å². The molecular weight excluding hydrogens is 388 g/mol. The average Bonchev–Trinajstić information content (AvgIpc) is 2.74. The number of carbonyl (C=O) groups is 1. The van der Waals surface area contributed by atoms with E-state index in [1.807, 2.05) is 37.3 Å². The van der Waals surface area contributed by atoms with Crippen LogP contribution in [-0.2, 0) is 21.4 Å². The van der Waals surface area contributed by atoms with Crippen molar-refractivity contribution < 1.29 is 17.9 Å². The van der Waals surface area contributed by atoms with Crippen LogP contribution in [0.15, 0.2) is 53.4 Å². The second-order valence-electron chi connectivity index (χ2n) is 7.49. The van der Waals surface area contributed by atoms with Crippen LogP contribution in [0, 0.1) is 12.8 Å². The Bertz CT molecular complexity index is 952. The van der Waals surface area contributed by atoms with Gasteiger partial charge in [-0.25, -0.2) is 8.42 Å². The molecule has 0 aliphatic carbocycles. The summed E-state index contributed by atoms with van der Waals surface area (Å²) in [4.78, 5) is 14.8. The van der Waals surface area contributed by atoms with Crippen molar-refractivity contribution in [3.63, 3.8) is 0 Å². The van der Waals surface area contributed by atoms with Crippen molar-refractivity contribution in [3.05, 3.63) is 59.7 Å². The molecule has 0 atom stereocenters. The number of methoxy groups -OCH3 is 1. The van der Waals surface area contributed by atoms with Crippen LogP contribution in [0.5, 0.6) is 5.75 Å². The molecule has 1 aliphatic rings. The highest BCUT2D eigenvalue weighted by molar-refractivity contribution is 7.89. The van der Waals surface area contributed by atoms with Crippen LogP contribution in [0.1, 0.15) is 24.0 Å². The topological polar surface area (TPSA) is 66.9 Å². The van der Waals surface area contributed by atoms with Crippen molar-refractivity contribution in [1.82, 2.24) is 9.21 Å². The summed E-state index contributed by atoms with van der Waals surface area (Å²) in [6, 6.07) is 14.7. The Morgan fingerprint density at radius 3 is 2.38 bits per heavy atom. The highest BCUT2D eigenvalue weighted by atomic mass is 32.2. The molecule has 2 aromatic rings. The fraction of sp³-hybridized carbons (Fsp3) is 0.409. The van der Waals surface area contributed by atoms with Gasteiger partial charge in [-0.3, -0.25) is 4.79 Å². The minimum Gasteiger partial charge on any atom is -0.496 e. The Balaban J connectivity index is 1.62. The first kappa shape index (κ1) is 21.3. The molecule has 1 aliphatic heterocycles. The van der Waals surface area contributed by atoms with E-state index in [-0.39, 0.29) is 16.7 Å². The fourth-order valence-electron chi connectivity index (χ4n) is 3.75. The summed E-state index contributed by atoms with van der Waals surface area (Å²) in [6.07, 6.45) is 1.07. The number of sulfonamides is 1. The van der Waals surface area contributed by atoms with Gasteiger partial charge in [0.05, 0.1) is 12.0 Å². The van der Waals surface area contributed by atoms with E-state index < -0.39 is 10.0 Å². The molecular formula is C22H28N2O4S. The number of carbonyl (C=O) groups excluding carboxylic acids is 1. The van der Waals surface area contributed by atoms with E-state index >= 15 is 0 Å². The molecule has 0 unspecified atom stereocenters. The molecule has 156 valence electrons. The first-order valence-electron chi connectivity index (χ1n) is 9.76. The largest absolute Gasteiger partial charge is 0.496 e. The zero-order chi connectivity index (χ0) is 21.0. The minimum absolute atomic E-state index is 0.0752. The molecule has 29 heavy (non-hydrogen) atoms. The average molecular weight is 417 g/mol. The van der Waals surface area contributed by atoms with E-state index in [1.54, 1.807) is 37.3 Å². The number of hydrogen-bond acceptors (Lipinski definition) is 4. The Kier molecular flexibility index (Phi) is 6.59. The number of nitrogens with zero attached hydrogens (tertiary/aromatic N) is 2. The van der Waals surface area contributed by atoms with E-state index in [0.717, 1.165) is 11.1 Å². The smallest absolute Gasteiger partial charge is 0.243 e. The van der Waals surface area contributed by atoms with Crippen molar-refractivity contribution in [3.8, 4) is 5.75 Å². The minimum atomic E-state index is -3.57. The zero-order valence-electron chi connectivity index (χ0n) is 17.2. The number of hydrogen-bond donors (Lipinski definition) is 0. The lowest BCUT2D eigenvalue weighted by atomic mass is 9.96. The molecule has 0 saturated carbocycles. The van der Waals surface area contributed by atoms with Crippen LogP contribution in [0.25, 0.3) is 0 Å². The van der Waals surface area contributed by atoms with Crippen molar-refractivity contribution in [1.29, 1.82) is 0 Å². The molecule has 1 heterocycles. The van der Waals surface area contributed by atoms with Crippen LogP contribution in [0.2, 0.25) is 0 Å². The molecule has 6 nitrogen and oxygen atoms in total. The molecule has 1 amide bonds. The fourth-order valence-corrected chi connectivity index (χ4v) is 5.31. The van der Waals surface area contributed by atoms with Gasteiger partial charge in [0, 0.05) is 32.6 Å². The Morgan fingerprint density at radius 2 is 1.79 bits per heavy atom. The first-order valence-corrected chi connectivity index (χ1v) is 11.2. The highest BCUT2D eigenvalue weighted by Crippen LogP contribution is 2.28. The van der Waals surface area contributed by atoms with E-state index in [4.69, 9.17) is 4.74 Å². The molecule has 1 saturated heterocycles. The van der Waals surface area contributed by atoms with Crippen LogP contribution in [0.3, 0.4) is 0 Å². The van der Waals surface area contributed by atoms with Gasteiger partial charge in [-0.2, -0.15) is 4.31 Å². The van der Waals surface area contributed by atoms with Crippen LogP contribution >= 0.6 is 0 Å². The molecule has 0 bridgehead atoms. The van der Waals surface area contributed by atoms with E-state index in [1.165, 1.54) is 4.31 Å². The van der Waals surface area contributed by atoms with Crippen LogP contribution < -0.4 is 4.74 Å². The molecule has 1 fully saturated rings. The van der Waals surface area contributed by atoms with E-state index in [9.17, 15) is 13.2 Å². The summed E-state index contributed by atoms with van der Waals surface area (Å²) in [7, 11) is -0.208. The summed E-state index contributed by atoms with van der Waals surface area (Å²) in [5.74, 6) is 0.591. The quantitative estimate of drug-likeness (QED) is 0.726. The predicted molar refractivity (Wildman–Crippen MR) is 112 cm³/mol. The molecule has 7 heteroatoms. The number of piperidine rings is 1. The Labute approximate surface area is 173 Å². The highest BCUT2D eigenvalue weighted by Gasteiger charge is 2.33. The third-order valence-electron chi connectivity index (χ3n) is 5.45. The van der Waals surface area contributed by atoms with Crippen LogP contribution in [-0.4, -0.2) is 50.8 Å². The summed E-state index contributed by atoms with van der Waals surface area (Å²) in [6.45, 7) is 3.08. The molecule has 0 N–H and O–H groups in total. The zero-order valence-corrected chi connectivity index (χ0v) is 18.0. The predicted octanol–water partition coefficient (Wildman–Crippen LogP) is 3.06. The second kappa shape index (κ2) is 8.97. The first-order chi connectivity index (χ1) is 13.8. The lowest BCUT2D eigenvalue weighted by molar-refractivity contribution is -0.135. The third-order valence-corrected chi connectivity index (χ3v) is 7.34. The third kappa shape index (κ3) is 4.79. The molecule has 0 radical (unpaired) electrons. The maximum Gasteiger partial charge on any atom is 0.243 e. The second-order valence-corrected chi connectivity index (χ2v) is 9.43. The normalized spacial score (nSPS) is 15.8. The van der Waals surface area contributed by atoms with Gasteiger partial charge in [-0.1, -0.05) is 30.3 Å². The van der Waals surface area contributed by atoms with Gasteiger partial charge in [0.2, 0.25) is 15.9 Å². The maximum absolute atomic E-state index is 13.0. The summed E-state index contributed by atoms with van der Waals surface area (Å²) in [5, 5.41) is 0. The van der Waals surface area contributed by atoms with Gasteiger partial charge >= 0.3 is 0 Å². The number of aryl methyl sites for hydroxylation is 1. The molecule has 2 aromatic carbocycles. The number of amides is 1. The number of benzene rings is 2. The molecule has 0 spiro atoms. The Hall–Kier alpha value is -2.38. The van der Waals surface area contributed by atoms with Crippen molar-refractivity contribution in [2.45, 2.75) is 31.2 Å². The standard InChI is InChI=1S/C22H28N2O4S/c1-17-15-20(9-10-21(17)28-3)29(26,27)24-13-11-19(12-14-24)22(25)23(2)16-18-7-5-4-6-8-18/h4-10,15,19H,11-14,16H2,1-3H3. The van der Waals surface area contributed by atoms with Crippen molar-refractivity contribution in [2.75, 3.05) is 27.2 Å². The van der Waals surface area contributed by atoms with Gasteiger partial charge in [0.15, 0.2) is 0 Å². The SMILES string of the molecule is COc1ccc(S(=O)(=O)N2CCC(C(=O)N(C)Cc3ccccc3)CC2)cc1C. The Morgan fingerprint density at radius 1 is 1.14 bits per heavy atom. The lowest BCUT2D eigenvalue weighted by Gasteiger charge is -2.32. The number of ether oxygens (including phenoxy) is 1. The molecule has 3 rings (SSSR count). The van der Waals surface area contributed by atoms with Gasteiger partial charge < -0.3 is 9.64 Å². The molecule has 0 aromatic heterocycles. The van der Waals surface area contributed by atoms with Gasteiger partial charge in [0.25, 0.3) is 0 Å².